The van der Waals surface area contributed by atoms with Gasteiger partial charge < -0.3 is 10.1 Å². The third kappa shape index (κ3) is 3.50. The third-order valence-electron chi connectivity index (χ3n) is 3.34. The molecular formula is C15H21N3O2. The highest BCUT2D eigenvalue weighted by molar-refractivity contribution is 5.90. The van der Waals surface area contributed by atoms with Crippen LogP contribution < -0.4 is 5.32 Å². The standard InChI is InChI=1S/C15H21N3O2/c1-3-18(12(2)14-16-9-10-17-14)15(19)20-11-13-7-5-4-6-8-13/h4-8,12H,3,9-11H2,1-2H3,(H,16,17). The lowest BCUT2D eigenvalue weighted by Crippen LogP contribution is -2.46. The number of hydrogen-bond acceptors (Lipinski definition) is 4. The van der Waals surface area contributed by atoms with Gasteiger partial charge in [-0.05, 0) is 19.4 Å². The van der Waals surface area contributed by atoms with Crippen LogP contribution in [0.3, 0.4) is 0 Å². The molecule has 0 aromatic heterocycles. The second-order valence-electron chi connectivity index (χ2n) is 4.70. The zero-order chi connectivity index (χ0) is 14.4. The van der Waals surface area contributed by atoms with Crippen molar-refractivity contribution >= 4 is 11.9 Å². The molecule has 0 spiro atoms. The van der Waals surface area contributed by atoms with Gasteiger partial charge in [-0.3, -0.25) is 9.89 Å². The van der Waals surface area contributed by atoms with Crippen LogP contribution in [0.5, 0.6) is 0 Å². The summed E-state index contributed by atoms with van der Waals surface area (Å²) < 4.78 is 5.37. The van der Waals surface area contributed by atoms with Crippen LogP contribution in [0.1, 0.15) is 19.4 Å². The fraction of sp³-hybridized carbons (Fsp3) is 0.467. The number of nitrogens with zero attached hydrogens (tertiary/aromatic N) is 2. The Bertz CT molecular complexity index is 473. The quantitative estimate of drug-likeness (QED) is 0.894. The Kier molecular flexibility index (Phi) is 4.98. The van der Waals surface area contributed by atoms with Crippen LogP contribution in [0.15, 0.2) is 35.3 Å². The molecule has 108 valence electrons. The summed E-state index contributed by atoms with van der Waals surface area (Å²) in [6.45, 7) is 6.41. The predicted octanol–water partition coefficient (Wildman–Crippen LogP) is 2.04. The second-order valence-corrected chi connectivity index (χ2v) is 4.70. The van der Waals surface area contributed by atoms with E-state index in [1.807, 2.05) is 44.2 Å². The third-order valence-corrected chi connectivity index (χ3v) is 3.34. The van der Waals surface area contributed by atoms with Crippen LogP contribution >= 0.6 is 0 Å². The number of benzene rings is 1. The molecule has 0 saturated heterocycles. The fourth-order valence-corrected chi connectivity index (χ4v) is 2.21. The van der Waals surface area contributed by atoms with Gasteiger partial charge in [-0.1, -0.05) is 30.3 Å². The Morgan fingerprint density at radius 1 is 1.45 bits per heavy atom. The van der Waals surface area contributed by atoms with Gasteiger partial charge in [-0.2, -0.15) is 0 Å². The van der Waals surface area contributed by atoms with Gasteiger partial charge in [0, 0.05) is 13.1 Å². The number of hydrogen-bond donors (Lipinski definition) is 1. The van der Waals surface area contributed by atoms with Crippen molar-refractivity contribution in [1.82, 2.24) is 10.2 Å². The summed E-state index contributed by atoms with van der Waals surface area (Å²) in [5.74, 6) is 0.864. The molecule has 0 radical (unpaired) electrons. The highest BCUT2D eigenvalue weighted by Gasteiger charge is 2.25. The second kappa shape index (κ2) is 6.93. The summed E-state index contributed by atoms with van der Waals surface area (Å²) in [5.41, 5.74) is 0.987. The molecule has 20 heavy (non-hydrogen) atoms. The van der Waals surface area contributed by atoms with E-state index in [0.29, 0.717) is 13.2 Å². The molecule has 1 aromatic carbocycles. The number of ether oxygens (including phenoxy) is 1. The fourth-order valence-electron chi connectivity index (χ4n) is 2.21. The number of aliphatic imine (C=N–C) groups is 1. The van der Waals surface area contributed by atoms with Crippen LogP contribution in [0.2, 0.25) is 0 Å². The van der Waals surface area contributed by atoms with Crippen molar-refractivity contribution in [1.29, 1.82) is 0 Å². The van der Waals surface area contributed by atoms with Crippen LogP contribution in [0.25, 0.3) is 0 Å². The van der Waals surface area contributed by atoms with Gasteiger partial charge in [0.15, 0.2) is 0 Å². The summed E-state index contributed by atoms with van der Waals surface area (Å²) in [6, 6.07) is 9.60. The smallest absolute Gasteiger partial charge is 0.410 e. The first-order chi connectivity index (χ1) is 9.72. The number of rotatable bonds is 5. The van der Waals surface area contributed by atoms with Crippen molar-refractivity contribution in [2.45, 2.75) is 26.5 Å². The van der Waals surface area contributed by atoms with E-state index in [4.69, 9.17) is 4.74 Å². The minimum atomic E-state index is -0.305. The molecule has 1 unspecified atom stereocenters. The number of nitrogens with one attached hydrogen (secondary N) is 1. The van der Waals surface area contributed by atoms with Crippen LogP contribution in [-0.4, -0.2) is 42.5 Å². The maximum atomic E-state index is 12.2. The van der Waals surface area contributed by atoms with E-state index in [1.54, 1.807) is 4.90 Å². The van der Waals surface area contributed by atoms with Gasteiger partial charge in [0.25, 0.3) is 0 Å². The van der Waals surface area contributed by atoms with Gasteiger partial charge in [-0.15, -0.1) is 0 Å². The van der Waals surface area contributed by atoms with Crippen LogP contribution in [-0.2, 0) is 11.3 Å². The minimum Gasteiger partial charge on any atom is -0.445 e. The molecule has 1 aromatic rings. The highest BCUT2D eigenvalue weighted by Crippen LogP contribution is 2.08. The normalized spacial score (nSPS) is 15.2. The van der Waals surface area contributed by atoms with Crippen molar-refractivity contribution in [2.75, 3.05) is 19.6 Å². The maximum Gasteiger partial charge on any atom is 0.410 e. The first kappa shape index (κ1) is 14.4. The monoisotopic (exact) mass is 275 g/mol. The lowest BCUT2D eigenvalue weighted by Gasteiger charge is -2.27. The Labute approximate surface area is 119 Å². The molecule has 0 saturated carbocycles. The van der Waals surface area contributed by atoms with Crippen molar-refractivity contribution in [3.8, 4) is 0 Å². The molecule has 1 aliphatic rings. The lowest BCUT2D eigenvalue weighted by atomic mass is 10.2. The zero-order valence-corrected chi connectivity index (χ0v) is 12.0. The SMILES string of the molecule is CCN(C(=O)OCc1ccccc1)C(C)C1=NCCN1. The van der Waals surface area contributed by atoms with Crippen LogP contribution in [0.4, 0.5) is 4.79 Å². The van der Waals surface area contributed by atoms with Crippen molar-refractivity contribution in [2.24, 2.45) is 4.99 Å². The molecule has 5 heteroatoms. The number of amides is 1. The summed E-state index contributed by atoms with van der Waals surface area (Å²) in [6.07, 6.45) is -0.305. The molecule has 1 amide bonds. The average molecular weight is 275 g/mol. The predicted molar refractivity (Wildman–Crippen MR) is 78.8 cm³/mol. The zero-order valence-electron chi connectivity index (χ0n) is 12.0. The first-order valence-electron chi connectivity index (χ1n) is 6.98. The lowest BCUT2D eigenvalue weighted by molar-refractivity contribution is 0.0936. The topological polar surface area (TPSA) is 53.9 Å². The van der Waals surface area contributed by atoms with E-state index in [9.17, 15) is 4.79 Å². The van der Waals surface area contributed by atoms with E-state index in [2.05, 4.69) is 10.3 Å². The summed E-state index contributed by atoms with van der Waals surface area (Å²) in [5, 5.41) is 3.20. The first-order valence-corrected chi connectivity index (χ1v) is 6.98. The Morgan fingerprint density at radius 3 is 2.80 bits per heavy atom. The van der Waals surface area contributed by atoms with Crippen molar-refractivity contribution in [3.63, 3.8) is 0 Å². The molecule has 1 N–H and O–H groups in total. The van der Waals surface area contributed by atoms with Gasteiger partial charge in [0.1, 0.15) is 12.4 Å². The van der Waals surface area contributed by atoms with Gasteiger partial charge in [0.05, 0.1) is 12.6 Å². The molecular weight excluding hydrogens is 254 g/mol. The minimum absolute atomic E-state index is 0.0780. The average Bonchev–Trinajstić information content (AvgIpc) is 3.01. The largest absolute Gasteiger partial charge is 0.445 e. The highest BCUT2D eigenvalue weighted by atomic mass is 16.6. The van der Waals surface area contributed by atoms with Gasteiger partial charge in [0.2, 0.25) is 0 Å². The summed E-state index contributed by atoms with van der Waals surface area (Å²) in [7, 11) is 0. The maximum absolute atomic E-state index is 12.2. The van der Waals surface area contributed by atoms with E-state index in [0.717, 1.165) is 24.5 Å². The molecule has 5 nitrogen and oxygen atoms in total. The number of amidine groups is 1. The van der Waals surface area contributed by atoms with Crippen molar-refractivity contribution < 1.29 is 9.53 Å². The molecule has 2 rings (SSSR count). The molecule has 0 bridgehead atoms. The van der Waals surface area contributed by atoms with Gasteiger partial charge >= 0.3 is 6.09 Å². The van der Waals surface area contributed by atoms with E-state index in [1.165, 1.54) is 0 Å². The van der Waals surface area contributed by atoms with E-state index < -0.39 is 0 Å². The van der Waals surface area contributed by atoms with Crippen molar-refractivity contribution in [3.05, 3.63) is 35.9 Å². The number of carbonyl (C=O) groups is 1. The summed E-state index contributed by atoms with van der Waals surface area (Å²) >= 11 is 0. The Hall–Kier alpha value is -2.04. The Balaban J connectivity index is 1.91. The Morgan fingerprint density at radius 2 is 2.20 bits per heavy atom. The molecule has 0 fully saturated rings. The van der Waals surface area contributed by atoms with E-state index in [-0.39, 0.29) is 12.1 Å². The number of likely N-dealkylation sites (N-methyl/N-ethyl adjacent to an activating group) is 1. The molecule has 1 heterocycles. The van der Waals surface area contributed by atoms with Gasteiger partial charge in [-0.25, -0.2) is 4.79 Å². The molecule has 1 atom stereocenters. The summed E-state index contributed by atoms with van der Waals surface area (Å²) in [4.78, 5) is 18.2. The molecule has 0 aliphatic carbocycles. The van der Waals surface area contributed by atoms with E-state index >= 15 is 0 Å². The van der Waals surface area contributed by atoms with Crippen LogP contribution in [0, 0.1) is 0 Å². The molecule has 1 aliphatic heterocycles. The number of carbonyl (C=O) groups excluding carboxylic acids is 1.